The maximum absolute atomic E-state index is 11.4. The number of ketones is 1. The highest BCUT2D eigenvalue weighted by atomic mass is 16.6. The van der Waals surface area contributed by atoms with Gasteiger partial charge in [-0.1, -0.05) is 6.92 Å². The number of Topliss-reactive ketones (excluding diaryl/α,β-unsaturated/α-hetero) is 1. The van der Waals surface area contributed by atoms with Crippen molar-refractivity contribution in [3.63, 3.8) is 0 Å². The maximum Gasteiger partial charge on any atom is 0.349 e. The Morgan fingerprint density at radius 1 is 1.00 bits per heavy atom. The Morgan fingerprint density at radius 3 is 1.71 bits per heavy atom. The van der Waals surface area contributed by atoms with Crippen molar-refractivity contribution in [3.05, 3.63) is 0 Å². The average Bonchev–Trinajstić information content (AvgIpc) is 2.21. The van der Waals surface area contributed by atoms with Gasteiger partial charge in [-0.15, -0.1) is 0 Å². The van der Waals surface area contributed by atoms with Gasteiger partial charge < -0.3 is 14.6 Å². The number of hydrogen-bond acceptors (Lipinski definition) is 6. The third-order valence-corrected chi connectivity index (χ3v) is 1.77. The molecule has 0 rings (SSSR count). The number of hydrogen-bond donors (Lipinski definition) is 1. The molecule has 0 aromatic heterocycles. The molecule has 0 aromatic rings. The standard InChI is InChI=1S/C10H14O7/c1-4-7(13)8(16-5(2)11)9(10(14)15)17-6(3)12/h8-9H,4H2,1-3H3,(H,14,15)/t8-,9-/m0/s1. The van der Waals surface area contributed by atoms with Crippen molar-refractivity contribution in [2.75, 3.05) is 0 Å². The van der Waals surface area contributed by atoms with Crippen molar-refractivity contribution < 1.29 is 33.8 Å². The molecule has 0 amide bonds. The summed E-state index contributed by atoms with van der Waals surface area (Å²) in [5.41, 5.74) is 0. The van der Waals surface area contributed by atoms with Gasteiger partial charge in [0.1, 0.15) is 0 Å². The van der Waals surface area contributed by atoms with Gasteiger partial charge in [-0.3, -0.25) is 14.4 Å². The summed E-state index contributed by atoms with van der Waals surface area (Å²) in [5.74, 6) is -3.88. The number of esters is 2. The number of carboxylic acid groups (broad SMARTS) is 1. The second-order valence-corrected chi connectivity index (χ2v) is 3.22. The van der Waals surface area contributed by atoms with Crippen LogP contribution in [0.4, 0.5) is 0 Å². The maximum atomic E-state index is 11.4. The molecule has 0 aliphatic rings. The topological polar surface area (TPSA) is 107 Å². The first kappa shape index (κ1) is 15.1. The summed E-state index contributed by atoms with van der Waals surface area (Å²) in [6, 6.07) is 0. The normalized spacial score (nSPS) is 13.4. The zero-order valence-electron chi connectivity index (χ0n) is 9.76. The van der Waals surface area contributed by atoms with Crippen LogP contribution in [0.3, 0.4) is 0 Å². The van der Waals surface area contributed by atoms with Crippen molar-refractivity contribution in [3.8, 4) is 0 Å². The molecule has 0 bridgehead atoms. The van der Waals surface area contributed by atoms with E-state index in [1.165, 1.54) is 6.92 Å². The fourth-order valence-electron chi connectivity index (χ4n) is 1.10. The van der Waals surface area contributed by atoms with Gasteiger partial charge in [-0.05, 0) is 0 Å². The summed E-state index contributed by atoms with van der Waals surface area (Å²) >= 11 is 0. The van der Waals surface area contributed by atoms with Crippen LogP contribution in [0, 0.1) is 0 Å². The first-order valence-corrected chi connectivity index (χ1v) is 4.89. The van der Waals surface area contributed by atoms with E-state index in [9.17, 15) is 19.2 Å². The van der Waals surface area contributed by atoms with Crippen LogP contribution in [0.5, 0.6) is 0 Å². The van der Waals surface area contributed by atoms with Crippen molar-refractivity contribution in [1.82, 2.24) is 0 Å². The predicted octanol–water partition coefficient (Wildman–Crippen LogP) is -0.0865. The van der Waals surface area contributed by atoms with Gasteiger partial charge in [0, 0.05) is 20.3 Å². The van der Waals surface area contributed by atoms with Crippen molar-refractivity contribution in [1.29, 1.82) is 0 Å². The molecular formula is C10H14O7. The first-order valence-electron chi connectivity index (χ1n) is 4.89. The van der Waals surface area contributed by atoms with Gasteiger partial charge in [0.2, 0.25) is 12.2 Å². The van der Waals surface area contributed by atoms with Crippen molar-refractivity contribution in [2.24, 2.45) is 0 Å². The van der Waals surface area contributed by atoms with Crippen LogP contribution in [-0.4, -0.2) is 41.0 Å². The third-order valence-electron chi connectivity index (χ3n) is 1.77. The molecule has 0 aliphatic heterocycles. The first-order chi connectivity index (χ1) is 7.79. The molecule has 0 unspecified atom stereocenters. The summed E-state index contributed by atoms with van der Waals surface area (Å²) in [6.45, 7) is 3.51. The molecule has 0 radical (unpaired) electrons. The summed E-state index contributed by atoms with van der Waals surface area (Å²) in [7, 11) is 0. The van der Waals surface area contributed by atoms with Crippen LogP contribution in [0.15, 0.2) is 0 Å². The lowest BCUT2D eigenvalue weighted by Crippen LogP contribution is -2.45. The minimum absolute atomic E-state index is 0.0387. The molecule has 0 heterocycles. The number of rotatable bonds is 6. The molecule has 2 atom stereocenters. The predicted molar refractivity (Wildman–Crippen MR) is 54.0 cm³/mol. The van der Waals surface area contributed by atoms with E-state index in [-0.39, 0.29) is 6.42 Å². The molecule has 0 aromatic carbocycles. The summed E-state index contributed by atoms with van der Waals surface area (Å²) in [6.07, 6.45) is -3.47. The summed E-state index contributed by atoms with van der Waals surface area (Å²) in [5, 5.41) is 8.83. The zero-order valence-corrected chi connectivity index (χ0v) is 9.76. The van der Waals surface area contributed by atoms with Crippen LogP contribution in [0.2, 0.25) is 0 Å². The van der Waals surface area contributed by atoms with Crippen molar-refractivity contribution in [2.45, 2.75) is 39.4 Å². The van der Waals surface area contributed by atoms with E-state index < -0.39 is 35.9 Å². The molecule has 0 spiro atoms. The minimum atomic E-state index is -1.82. The van der Waals surface area contributed by atoms with Crippen LogP contribution in [0.25, 0.3) is 0 Å². The number of carboxylic acids is 1. The number of carbonyl (C=O) groups excluding carboxylic acids is 3. The highest BCUT2D eigenvalue weighted by Gasteiger charge is 2.38. The molecule has 17 heavy (non-hydrogen) atoms. The smallest absolute Gasteiger partial charge is 0.349 e. The molecule has 0 saturated carbocycles. The second kappa shape index (κ2) is 6.62. The molecule has 7 nitrogen and oxygen atoms in total. The Kier molecular flexibility index (Phi) is 5.87. The number of carbonyl (C=O) groups is 4. The van der Waals surface area contributed by atoms with E-state index in [0.717, 1.165) is 13.8 Å². The van der Waals surface area contributed by atoms with Gasteiger partial charge in [-0.25, -0.2) is 4.79 Å². The van der Waals surface area contributed by atoms with Gasteiger partial charge >= 0.3 is 17.9 Å². The zero-order chi connectivity index (χ0) is 13.6. The Labute approximate surface area is 97.7 Å². The minimum Gasteiger partial charge on any atom is -0.478 e. The van der Waals surface area contributed by atoms with E-state index in [2.05, 4.69) is 9.47 Å². The lowest BCUT2D eigenvalue weighted by Gasteiger charge is -2.21. The average molecular weight is 246 g/mol. The Morgan fingerprint density at radius 2 is 1.41 bits per heavy atom. The third kappa shape index (κ3) is 5.10. The lowest BCUT2D eigenvalue weighted by atomic mass is 10.1. The number of aliphatic carboxylic acids is 1. The lowest BCUT2D eigenvalue weighted by molar-refractivity contribution is -0.180. The molecule has 96 valence electrons. The monoisotopic (exact) mass is 246 g/mol. The van der Waals surface area contributed by atoms with Crippen LogP contribution in [0.1, 0.15) is 27.2 Å². The SMILES string of the molecule is CCC(=O)[C@H](OC(C)=O)[C@H](OC(C)=O)C(=O)O. The van der Waals surface area contributed by atoms with Crippen LogP contribution >= 0.6 is 0 Å². The Hall–Kier alpha value is -1.92. The summed E-state index contributed by atoms with van der Waals surface area (Å²) in [4.78, 5) is 43.8. The number of ether oxygens (including phenoxy) is 2. The van der Waals surface area contributed by atoms with E-state index in [1.54, 1.807) is 0 Å². The highest BCUT2D eigenvalue weighted by Crippen LogP contribution is 2.09. The van der Waals surface area contributed by atoms with E-state index in [1.807, 2.05) is 0 Å². The van der Waals surface area contributed by atoms with Crippen molar-refractivity contribution >= 4 is 23.7 Å². The van der Waals surface area contributed by atoms with Gasteiger partial charge in [0.05, 0.1) is 0 Å². The fourth-order valence-corrected chi connectivity index (χ4v) is 1.10. The molecule has 1 N–H and O–H groups in total. The highest BCUT2D eigenvalue weighted by molar-refractivity contribution is 5.92. The fraction of sp³-hybridized carbons (Fsp3) is 0.600. The van der Waals surface area contributed by atoms with Crippen LogP contribution in [-0.2, 0) is 28.7 Å². The summed E-state index contributed by atoms with van der Waals surface area (Å²) < 4.78 is 9.04. The van der Waals surface area contributed by atoms with Gasteiger partial charge in [0.25, 0.3) is 0 Å². The molecule has 0 fully saturated rings. The molecular weight excluding hydrogens is 232 g/mol. The second-order valence-electron chi connectivity index (χ2n) is 3.22. The Bertz CT molecular complexity index is 334. The van der Waals surface area contributed by atoms with E-state index in [0.29, 0.717) is 0 Å². The Balaban J connectivity index is 5.05. The van der Waals surface area contributed by atoms with Crippen LogP contribution < -0.4 is 0 Å². The van der Waals surface area contributed by atoms with Gasteiger partial charge in [-0.2, -0.15) is 0 Å². The van der Waals surface area contributed by atoms with Gasteiger partial charge in [0.15, 0.2) is 5.78 Å². The molecule has 7 heteroatoms. The van der Waals surface area contributed by atoms with E-state index >= 15 is 0 Å². The largest absolute Gasteiger partial charge is 0.478 e. The quantitative estimate of drug-likeness (QED) is 0.652. The molecule has 0 saturated heterocycles. The molecule has 0 aliphatic carbocycles. The van der Waals surface area contributed by atoms with E-state index in [4.69, 9.17) is 5.11 Å².